The molecular formula is C16H16ClNO. The molecule has 19 heavy (non-hydrogen) atoms. The van der Waals surface area contributed by atoms with Crippen molar-refractivity contribution in [3.63, 3.8) is 0 Å². The van der Waals surface area contributed by atoms with Gasteiger partial charge in [0, 0.05) is 5.02 Å². The number of methoxy groups -OCH3 is 1. The van der Waals surface area contributed by atoms with Crippen LogP contribution in [-0.4, -0.2) is 7.11 Å². The van der Waals surface area contributed by atoms with Crippen LogP contribution in [0.1, 0.15) is 23.1 Å². The molecule has 0 fully saturated rings. The number of fused-ring (bicyclic) bond motifs is 1. The number of benzene rings is 2. The van der Waals surface area contributed by atoms with Gasteiger partial charge in [0.25, 0.3) is 0 Å². The van der Waals surface area contributed by atoms with Crippen molar-refractivity contribution in [3.8, 4) is 5.75 Å². The normalized spacial score (nSPS) is 21.2. The van der Waals surface area contributed by atoms with Crippen LogP contribution in [0.2, 0.25) is 5.02 Å². The highest BCUT2D eigenvalue weighted by atomic mass is 35.5. The summed E-state index contributed by atoms with van der Waals surface area (Å²) in [6, 6.07) is 13.9. The maximum Gasteiger partial charge on any atom is 0.119 e. The molecule has 0 amide bonds. The Bertz CT molecular complexity index is 626. The molecule has 0 bridgehead atoms. The van der Waals surface area contributed by atoms with Gasteiger partial charge in [-0.25, -0.2) is 0 Å². The molecule has 2 aromatic rings. The van der Waals surface area contributed by atoms with Crippen LogP contribution in [0.25, 0.3) is 0 Å². The second kappa shape index (κ2) is 4.55. The van der Waals surface area contributed by atoms with Crippen LogP contribution in [0.4, 0.5) is 0 Å². The molecule has 0 aliphatic heterocycles. The van der Waals surface area contributed by atoms with Gasteiger partial charge in [0.1, 0.15) is 5.75 Å². The molecule has 0 saturated heterocycles. The van der Waals surface area contributed by atoms with Crippen LogP contribution in [-0.2, 0) is 12.0 Å². The van der Waals surface area contributed by atoms with Gasteiger partial charge in [-0.05, 0) is 47.7 Å². The molecule has 2 aromatic carbocycles. The van der Waals surface area contributed by atoms with E-state index in [1.807, 2.05) is 36.4 Å². The van der Waals surface area contributed by atoms with E-state index in [0.29, 0.717) is 0 Å². The third-order valence-electron chi connectivity index (χ3n) is 3.94. The molecule has 2 N–H and O–H groups in total. The highest BCUT2D eigenvalue weighted by molar-refractivity contribution is 6.31. The lowest BCUT2D eigenvalue weighted by molar-refractivity contribution is 0.413. The number of nitrogens with two attached hydrogens (primary N) is 1. The smallest absolute Gasteiger partial charge is 0.119 e. The van der Waals surface area contributed by atoms with Gasteiger partial charge in [-0.15, -0.1) is 0 Å². The number of ether oxygens (including phenoxy) is 1. The molecule has 0 radical (unpaired) electrons. The Morgan fingerprint density at radius 3 is 2.68 bits per heavy atom. The molecule has 98 valence electrons. The van der Waals surface area contributed by atoms with Crippen molar-refractivity contribution in [2.45, 2.75) is 18.4 Å². The van der Waals surface area contributed by atoms with Gasteiger partial charge in [-0.2, -0.15) is 0 Å². The summed E-state index contributed by atoms with van der Waals surface area (Å²) in [5.41, 5.74) is 9.56. The Labute approximate surface area is 118 Å². The SMILES string of the molecule is COc1ccc2c(c1)C(N)(c1ccccc1Cl)CC2. The van der Waals surface area contributed by atoms with Gasteiger partial charge in [0.15, 0.2) is 0 Å². The van der Waals surface area contributed by atoms with E-state index in [4.69, 9.17) is 22.1 Å². The van der Waals surface area contributed by atoms with Crippen molar-refractivity contribution in [3.05, 3.63) is 64.2 Å². The molecule has 0 spiro atoms. The van der Waals surface area contributed by atoms with E-state index in [2.05, 4.69) is 6.07 Å². The van der Waals surface area contributed by atoms with Gasteiger partial charge in [0.05, 0.1) is 12.6 Å². The number of rotatable bonds is 2. The third kappa shape index (κ3) is 1.92. The summed E-state index contributed by atoms with van der Waals surface area (Å²) in [6.45, 7) is 0. The lowest BCUT2D eigenvalue weighted by Crippen LogP contribution is -2.35. The van der Waals surface area contributed by atoms with E-state index in [-0.39, 0.29) is 0 Å². The zero-order valence-electron chi connectivity index (χ0n) is 10.8. The van der Waals surface area contributed by atoms with Gasteiger partial charge in [0.2, 0.25) is 0 Å². The highest BCUT2D eigenvalue weighted by Gasteiger charge is 2.38. The number of halogens is 1. The average Bonchev–Trinajstić information content (AvgIpc) is 2.77. The predicted molar refractivity (Wildman–Crippen MR) is 77.7 cm³/mol. The van der Waals surface area contributed by atoms with Crippen LogP contribution in [0.15, 0.2) is 42.5 Å². The Morgan fingerprint density at radius 2 is 1.95 bits per heavy atom. The van der Waals surface area contributed by atoms with Crippen molar-refractivity contribution in [1.82, 2.24) is 0 Å². The minimum absolute atomic E-state index is 0.512. The zero-order valence-corrected chi connectivity index (χ0v) is 11.6. The second-order valence-electron chi connectivity index (χ2n) is 4.97. The van der Waals surface area contributed by atoms with Crippen molar-refractivity contribution >= 4 is 11.6 Å². The minimum Gasteiger partial charge on any atom is -0.497 e. The van der Waals surface area contributed by atoms with Crippen LogP contribution in [0.3, 0.4) is 0 Å². The van der Waals surface area contributed by atoms with Crippen molar-refractivity contribution in [2.75, 3.05) is 7.11 Å². The molecular weight excluding hydrogens is 258 g/mol. The van der Waals surface area contributed by atoms with Crippen molar-refractivity contribution in [2.24, 2.45) is 5.73 Å². The summed E-state index contributed by atoms with van der Waals surface area (Å²) in [7, 11) is 1.67. The molecule has 1 unspecified atom stereocenters. The maximum absolute atomic E-state index is 6.68. The van der Waals surface area contributed by atoms with Gasteiger partial charge in [-0.3, -0.25) is 0 Å². The topological polar surface area (TPSA) is 35.2 Å². The maximum atomic E-state index is 6.68. The van der Waals surface area contributed by atoms with Crippen molar-refractivity contribution in [1.29, 1.82) is 0 Å². The fraction of sp³-hybridized carbons (Fsp3) is 0.250. The average molecular weight is 274 g/mol. The molecule has 0 saturated carbocycles. The second-order valence-corrected chi connectivity index (χ2v) is 5.38. The van der Waals surface area contributed by atoms with E-state index >= 15 is 0 Å². The number of hydrogen-bond acceptors (Lipinski definition) is 2. The Balaban J connectivity index is 2.17. The standard InChI is InChI=1S/C16H16ClNO/c1-19-12-7-6-11-8-9-16(18,14(11)10-12)13-4-2-3-5-15(13)17/h2-7,10H,8-9,18H2,1H3. The van der Waals surface area contributed by atoms with E-state index in [9.17, 15) is 0 Å². The molecule has 3 rings (SSSR count). The third-order valence-corrected chi connectivity index (χ3v) is 4.27. The van der Waals surface area contributed by atoms with E-state index < -0.39 is 5.54 Å². The summed E-state index contributed by atoms with van der Waals surface area (Å²) in [4.78, 5) is 0. The molecule has 0 heterocycles. The molecule has 2 nitrogen and oxygen atoms in total. The minimum atomic E-state index is -0.512. The van der Waals surface area contributed by atoms with E-state index in [0.717, 1.165) is 34.7 Å². The van der Waals surface area contributed by atoms with Crippen LogP contribution >= 0.6 is 11.6 Å². The Hall–Kier alpha value is -1.51. The first-order chi connectivity index (χ1) is 9.15. The van der Waals surface area contributed by atoms with Crippen LogP contribution < -0.4 is 10.5 Å². The summed E-state index contributed by atoms with van der Waals surface area (Å²) in [5, 5.41) is 0.723. The molecule has 1 aliphatic rings. The zero-order chi connectivity index (χ0) is 13.5. The summed E-state index contributed by atoms with van der Waals surface area (Å²) >= 11 is 6.32. The first-order valence-corrected chi connectivity index (χ1v) is 6.74. The summed E-state index contributed by atoms with van der Waals surface area (Å²) in [6.07, 6.45) is 1.85. The number of hydrogen-bond donors (Lipinski definition) is 1. The van der Waals surface area contributed by atoms with Gasteiger partial charge in [-0.1, -0.05) is 35.9 Å². The first-order valence-electron chi connectivity index (χ1n) is 6.36. The molecule has 1 aliphatic carbocycles. The van der Waals surface area contributed by atoms with Crippen LogP contribution in [0, 0.1) is 0 Å². The van der Waals surface area contributed by atoms with Gasteiger partial charge >= 0.3 is 0 Å². The largest absolute Gasteiger partial charge is 0.497 e. The van der Waals surface area contributed by atoms with E-state index in [1.165, 1.54) is 5.56 Å². The predicted octanol–water partition coefficient (Wildman–Crippen LogP) is 3.50. The molecule has 0 aromatic heterocycles. The summed E-state index contributed by atoms with van der Waals surface area (Å²) in [5.74, 6) is 0.836. The van der Waals surface area contributed by atoms with Gasteiger partial charge < -0.3 is 10.5 Å². The first kappa shape index (κ1) is 12.5. The van der Waals surface area contributed by atoms with Crippen LogP contribution in [0.5, 0.6) is 5.75 Å². The molecule has 1 atom stereocenters. The monoisotopic (exact) mass is 273 g/mol. The lowest BCUT2D eigenvalue weighted by Gasteiger charge is -2.27. The highest BCUT2D eigenvalue weighted by Crippen LogP contribution is 2.43. The fourth-order valence-corrected chi connectivity index (χ4v) is 3.19. The number of aryl methyl sites for hydroxylation is 1. The van der Waals surface area contributed by atoms with Crippen molar-refractivity contribution < 1.29 is 4.74 Å². The lowest BCUT2D eigenvalue weighted by atomic mass is 9.85. The fourth-order valence-electron chi connectivity index (χ4n) is 2.89. The Morgan fingerprint density at radius 1 is 1.16 bits per heavy atom. The molecule has 3 heteroatoms. The Kier molecular flexibility index (Phi) is 3.00. The quantitative estimate of drug-likeness (QED) is 0.909. The van der Waals surface area contributed by atoms with E-state index in [1.54, 1.807) is 7.11 Å². The summed E-state index contributed by atoms with van der Waals surface area (Å²) < 4.78 is 5.31.